The van der Waals surface area contributed by atoms with Crippen LogP contribution in [0.25, 0.3) is 0 Å². The molecule has 0 aromatic heterocycles. The van der Waals surface area contributed by atoms with Gasteiger partial charge in [-0.1, -0.05) is 24.9 Å². The topological polar surface area (TPSA) is 92.8 Å². The van der Waals surface area contributed by atoms with Crippen molar-refractivity contribution in [3.05, 3.63) is 58.9 Å². The second-order valence-corrected chi connectivity index (χ2v) is 9.30. The summed E-state index contributed by atoms with van der Waals surface area (Å²) < 4.78 is 44.9. The molecule has 1 amide bonds. The zero-order valence-electron chi connectivity index (χ0n) is 17.4. The van der Waals surface area contributed by atoms with E-state index in [9.17, 15) is 22.4 Å². The van der Waals surface area contributed by atoms with E-state index in [2.05, 4.69) is 5.32 Å². The van der Waals surface area contributed by atoms with Crippen molar-refractivity contribution >= 4 is 39.2 Å². The smallest absolute Gasteiger partial charge is 0.340 e. The molecule has 0 spiro atoms. The van der Waals surface area contributed by atoms with Gasteiger partial charge in [0, 0.05) is 13.1 Å². The lowest BCUT2D eigenvalue weighted by atomic mass is 10.2. The van der Waals surface area contributed by atoms with E-state index in [0.29, 0.717) is 0 Å². The first-order valence-electron chi connectivity index (χ1n) is 9.56. The predicted molar refractivity (Wildman–Crippen MR) is 116 cm³/mol. The second kappa shape index (κ2) is 10.6. The van der Waals surface area contributed by atoms with Crippen molar-refractivity contribution in [2.75, 3.05) is 18.0 Å². The monoisotopic (exact) mass is 470 g/mol. The number of rotatable bonds is 9. The molecule has 0 aliphatic carbocycles. The number of anilines is 1. The van der Waals surface area contributed by atoms with Gasteiger partial charge in [-0.25, -0.2) is 17.6 Å². The Morgan fingerprint density at radius 2 is 1.84 bits per heavy atom. The highest BCUT2D eigenvalue weighted by Gasteiger charge is 2.24. The molecule has 0 fully saturated rings. The number of nitrogens with one attached hydrogen (secondary N) is 1. The molecule has 0 aliphatic heterocycles. The molecule has 7 nitrogen and oxygen atoms in total. The van der Waals surface area contributed by atoms with Crippen LogP contribution in [0, 0.1) is 5.82 Å². The van der Waals surface area contributed by atoms with Gasteiger partial charge in [0.25, 0.3) is 15.9 Å². The Kier molecular flexibility index (Phi) is 8.41. The van der Waals surface area contributed by atoms with Crippen molar-refractivity contribution in [3.63, 3.8) is 0 Å². The third kappa shape index (κ3) is 6.41. The average molecular weight is 471 g/mol. The van der Waals surface area contributed by atoms with E-state index >= 15 is 0 Å². The number of carbonyl (C=O) groups is 2. The minimum Gasteiger partial charge on any atom is -0.452 e. The zero-order chi connectivity index (χ0) is 23.2. The van der Waals surface area contributed by atoms with Gasteiger partial charge in [0.2, 0.25) is 0 Å². The number of benzene rings is 2. The van der Waals surface area contributed by atoms with Crippen molar-refractivity contribution in [2.24, 2.45) is 0 Å². The van der Waals surface area contributed by atoms with E-state index in [1.165, 1.54) is 31.3 Å². The molecule has 1 N–H and O–H groups in total. The van der Waals surface area contributed by atoms with Crippen molar-refractivity contribution < 1.29 is 27.1 Å². The average Bonchev–Trinajstić information content (AvgIpc) is 2.72. The van der Waals surface area contributed by atoms with Crippen LogP contribution in [0.5, 0.6) is 0 Å². The van der Waals surface area contributed by atoms with E-state index < -0.39 is 34.3 Å². The highest BCUT2D eigenvalue weighted by atomic mass is 35.5. The summed E-state index contributed by atoms with van der Waals surface area (Å²) in [6.07, 6.45) is 1.68. The molecule has 2 rings (SSSR count). The lowest BCUT2D eigenvalue weighted by Crippen LogP contribution is -2.35. The fraction of sp³-hybridized carbons (Fsp3) is 0.333. The molecule has 0 saturated carbocycles. The first-order chi connectivity index (χ1) is 14.6. The standard InChI is InChI=1S/C21H24ClFN2O5S/c1-4-5-14(2)24-20(26)13-30-21(27)18-12-17(10-11-19(18)22)31(28,29)25(3)16-8-6-15(23)7-9-16/h6-12,14H,4-5,13H2,1-3H3,(H,24,26)/t14-/m1/s1. The van der Waals surface area contributed by atoms with Crippen LogP contribution in [-0.4, -0.2) is 40.0 Å². The van der Waals surface area contributed by atoms with Gasteiger partial charge in [0.1, 0.15) is 5.82 Å². The number of ether oxygens (including phenoxy) is 1. The Labute approximate surface area is 186 Å². The van der Waals surface area contributed by atoms with Crippen LogP contribution >= 0.6 is 11.6 Å². The van der Waals surface area contributed by atoms with Gasteiger partial charge < -0.3 is 10.1 Å². The van der Waals surface area contributed by atoms with Crippen LogP contribution in [0.2, 0.25) is 5.02 Å². The maximum Gasteiger partial charge on any atom is 0.340 e. The van der Waals surface area contributed by atoms with Crippen LogP contribution in [0.4, 0.5) is 10.1 Å². The summed E-state index contributed by atoms with van der Waals surface area (Å²) in [5.41, 5.74) is 0.0444. The van der Waals surface area contributed by atoms with E-state index in [1.807, 2.05) is 13.8 Å². The van der Waals surface area contributed by atoms with Crippen LogP contribution in [0.3, 0.4) is 0 Å². The molecule has 0 bridgehead atoms. The van der Waals surface area contributed by atoms with E-state index in [4.69, 9.17) is 16.3 Å². The molecule has 0 aliphatic rings. The molecule has 0 radical (unpaired) electrons. The van der Waals surface area contributed by atoms with Crippen LogP contribution in [0.15, 0.2) is 47.4 Å². The Bertz CT molecular complexity index is 1040. The second-order valence-electron chi connectivity index (χ2n) is 6.92. The minimum atomic E-state index is -4.07. The fourth-order valence-electron chi connectivity index (χ4n) is 2.80. The van der Waals surface area contributed by atoms with Crippen molar-refractivity contribution in [3.8, 4) is 0 Å². The van der Waals surface area contributed by atoms with Gasteiger partial charge in [-0.05, 0) is 55.8 Å². The third-order valence-electron chi connectivity index (χ3n) is 4.47. The molecular weight excluding hydrogens is 447 g/mol. The molecule has 0 saturated heterocycles. The molecule has 2 aromatic carbocycles. The lowest BCUT2D eigenvalue weighted by molar-refractivity contribution is -0.124. The molecular formula is C21H24ClFN2O5S. The summed E-state index contributed by atoms with van der Waals surface area (Å²) in [5, 5.41) is 2.68. The zero-order valence-corrected chi connectivity index (χ0v) is 19.0. The van der Waals surface area contributed by atoms with Crippen LogP contribution in [0.1, 0.15) is 37.0 Å². The maximum absolute atomic E-state index is 13.1. The molecule has 2 aromatic rings. The lowest BCUT2D eigenvalue weighted by Gasteiger charge is -2.20. The van der Waals surface area contributed by atoms with Gasteiger partial charge in [-0.3, -0.25) is 9.10 Å². The number of esters is 1. The van der Waals surface area contributed by atoms with Crippen molar-refractivity contribution in [1.82, 2.24) is 5.32 Å². The highest BCUT2D eigenvalue weighted by molar-refractivity contribution is 7.92. The molecule has 31 heavy (non-hydrogen) atoms. The summed E-state index contributed by atoms with van der Waals surface area (Å²) in [4.78, 5) is 24.1. The van der Waals surface area contributed by atoms with Gasteiger partial charge in [-0.2, -0.15) is 0 Å². The quantitative estimate of drug-likeness (QED) is 0.563. The SMILES string of the molecule is CCC[C@@H](C)NC(=O)COC(=O)c1cc(S(=O)(=O)N(C)c2ccc(F)cc2)ccc1Cl. The number of nitrogens with zero attached hydrogens (tertiary/aromatic N) is 1. The van der Waals surface area contributed by atoms with Crippen molar-refractivity contribution in [2.45, 2.75) is 37.6 Å². The Balaban J connectivity index is 2.17. The van der Waals surface area contributed by atoms with Crippen molar-refractivity contribution in [1.29, 1.82) is 0 Å². The third-order valence-corrected chi connectivity index (χ3v) is 6.58. The molecule has 0 unspecified atom stereocenters. The number of hydrogen-bond donors (Lipinski definition) is 1. The van der Waals surface area contributed by atoms with E-state index in [-0.39, 0.29) is 27.2 Å². The van der Waals surface area contributed by atoms with Gasteiger partial charge in [-0.15, -0.1) is 0 Å². The fourth-order valence-corrected chi connectivity index (χ4v) is 4.22. The molecule has 0 heterocycles. The molecule has 168 valence electrons. The van der Waals surface area contributed by atoms with E-state index in [0.717, 1.165) is 35.3 Å². The predicted octanol–water partition coefficient (Wildman–Crippen LogP) is 3.77. The number of hydrogen-bond acceptors (Lipinski definition) is 5. The number of amides is 1. The molecule has 10 heteroatoms. The van der Waals surface area contributed by atoms with Crippen LogP contribution in [-0.2, 0) is 19.6 Å². The number of carbonyl (C=O) groups excluding carboxylic acids is 2. The number of sulfonamides is 1. The normalized spacial score (nSPS) is 12.2. The summed E-state index contributed by atoms with van der Waals surface area (Å²) in [6.45, 7) is 3.31. The first kappa shape index (κ1) is 24.6. The van der Waals surface area contributed by atoms with Gasteiger partial charge in [0.05, 0.1) is 21.2 Å². The largest absolute Gasteiger partial charge is 0.452 e. The summed E-state index contributed by atoms with van der Waals surface area (Å²) >= 11 is 6.04. The maximum atomic E-state index is 13.1. The van der Waals surface area contributed by atoms with Crippen LogP contribution < -0.4 is 9.62 Å². The van der Waals surface area contributed by atoms with Gasteiger partial charge in [0.15, 0.2) is 6.61 Å². The number of halogens is 2. The summed E-state index contributed by atoms with van der Waals surface area (Å²) in [7, 11) is -2.76. The summed E-state index contributed by atoms with van der Waals surface area (Å²) in [6, 6.07) is 8.43. The minimum absolute atomic E-state index is 0.0202. The Morgan fingerprint density at radius 3 is 2.45 bits per heavy atom. The molecule has 1 atom stereocenters. The summed E-state index contributed by atoms with van der Waals surface area (Å²) in [5.74, 6) is -1.89. The Hall–Kier alpha value is -2.65. The Morgan fingerprint density at radius 1 is 1.19 bits per heavy atom. The highest BCUT2D eigenvalue weighted by Crippen LogP contribution is 2.26. The first-order valence-corrected chi connectivity index (χ1v) is 11.4. The van der Waals surface area contributed by atoms with Gasteiger partial charge >= 0.3 is 5.97 Å². The van der Waals surface area contributed by atoms with E-state index in [1.54, 1.807) is 0 Å².